The number of carbonyl (C=O) groups excluding carboxylic acids is 1. The highest BCUT2D eigenvalue weighted by Gasteiger charge is 2.24. The number of hydrogen-bond acceptors (Lipinski definition) is 6. The third-order valence-corrected chi connectivity index (χ3v) is 8.31. The van der Waals surface area contributed by atoms with Crippen molar-refractivity contribution in [3.63, 3.8) is 0 Å². The zero-order chi connectivity index (χ0) is 22.0. The van der Waals surface area contributed by atoms with Crippen molar-refractivity contribution in [3.8, 4) is 11.4 Å². The number of amides is 1. The molecule has 2 aromatic heterocycles. The van der Waals surface area contributed by atoms with Gasteiger partial charge < -0.3 is 9.88 Å². The van der Waals surface area contributed by atoms with Crippen LogP contribution < -0.4 is 5.32 Å². The molecule has 11 heteroatoms. The van der Waals surface area contributed by atoms with E-state index in [9.17, 15) is 17.6 Å². The largest absolute Gasteiger partial charge is 0.322 e. The van der Waals surface area contributed by atoms with E-state index in [4.69, 9.17) is 0 Å². The lowest BCUT2D eigenvalue weighted by atomic mass is 10.1. The average Bonchev–Trinajstić information content (AvgIpc) is 3.36. The first kappa shape index (κ1) is 21.6. The summed E-state index contributed by atoms with van der Waals surface area (Å²) in [6, 6.07) is 7.45. The van der Waals surface area contributed by atoms with Crippen molar-refractivity contribution in [3.05, 3.63) is 47.4 Å². The van der Waals surface area contributed by atoms with Crippen molar-refractivity contribution >= 4 is 33.0 Å². The molecule has 1 N–H and O–H groups in total. The van der Waals surface area contributed by atoms with E-state index >= 15 is 0 Å². The molecule has 1 aliphatic heterocycles. The Labute approximate surface area is 183 Å². The molecular formula is C20H22FN5O3S2. The van der Waals surface area contributed by atoms with Crippen molar-refractivity contribution in [1.82, 2.24) is 19.1 Å². The molecular weight excluding hydrogens is 441 g/mol. The molecule has 0 atom stereocenters. The Bertz CT molecular complexity index is 1190. The topological polar surface area (TPSA) is 97.2 Å². The second-order valence-corrected chi connectivity index (χ2v) is 10.6. The Balaban J connectivity index is 1.52. The number of carbonyl (C=O) groups is 1. The van der Waals surface area contributed by atoms with Gasteiger partial charge in [0.2, 0.25) is 5.91 Å². The number of anilines is 1. The number of sulfonamides is 1. The molecule has 164 valence electrons. The maximum absolute atomic E-state index is 14.4. The molecule has 0 aliphatic carbocycles. The molecule has 1 aliphatic rings. The minimum absolute atomic E-state index is 0.0320. The van der Waals surface area contributed by atoms with Gasteiger partial charge in [0.15, 0.2) is 5.82 Å². The van der Waals surface area contributed by atoms with Crippen LogP contribution >= 0.6 is 11.3 Å². The lowest BCUT2D eigenvalue weighted by Crippen LogP contribution is -2.34. The maximum Gasteiger partial charge on any atom is 0.252 e. The monoisotopic (exact) mass is 463 g/mol. The average molecular weight is 464 g/mol. The molecule has 1 aromatic carbocycles. The van der Waals surface area contributed by atoms with Gasteiger partial charge in [-0.1, -0.05) is 12.5 Å². The van der Waals surface area contributed by atoms with Crippen molar-refractivity contribution in [2.45, 2.75) is 36.4 Å². The highest BCUT2D eigenvalue weighted by Crippen LogP contribution is 2.27. The van der Waals surface area contributed by atoms with Crippen LogP contribution in [0.15, 0.2) is 39.9 Å². The third-order valence-electron chi connectivity index (χ3n) is 5.13. The van der Waals surface area contributed by atoms with Crippen LogP contribution in [0.4, 0.5) is 10.1 Å². The molecule has 1 amide bonds. The summed E-state index contributed by atoms with van der Waals surface area (Å²) in [5, 5.41) is 12.6. The van der Waals surface area contributed by atoms with E-state index < -0.39 is 28.3 Å². The summed E-state index contributed by atoms with van der Waals surface area (Å²) in [5.74, 6) is 0.280. The van der Waals surface area contributed by atoms with Gasteiger partial charge in [0.05, 0.1) is 12.2 Å². The zero-order valence-corrected chi connectivity index (χ0v) is 18.5. The second kappa shape index (κ2) is 8.85. The number of thiophene rings is 1. The van der Waals surface area contributed by atoms with Crippen LogP contribution in [-0.2, 0) is 27.8 Å². The number of benzene rings is 1. The van der Waals surface area contributed by atoms with Crippen LogP contribution in [0.5, 0.6) is 0 Å². The minimum atomic E-state index is -3.77. The molecule has 3 heterocycles. The van der Waals surface area contributed by atoms with E-state index in [1.807, 2.05) is 4.57 Å². The van der Waals surface area contributed by atoms with Crippen molar-refractivity contribution in [1.29, 1.82) is 0 Å². The number of fused-ring (bicyclic) bond motifs is 1. The predicted molar refractivity (Wildman–Crippen MR) is 116 cm³/mol. The number of aryl methyl sites for hydroxylation is 1. The number of likely N-dealkylation sites (N-methyl/N-ethyl adjacent to an activating group) is 1. The molecule has 0 spiro atoms. The molecule has 0 radical (unpaired) electrons. The Morgan fingerprint density at radius 3 is 2.87 bits per heavy atom. The molecule has 4 rings (SSSR count). The summed E-state index contributed by atoms with van der Waals surface area (Å²) < 4.78 is 42.5. The number of nitrogens with zero attached hydrogens (tertiary/aromatic N) is 4. The van der Waals surface area contributed by atoms with Crippen LogP contribution in [0.25, 0.3) is 11.4 Å². The molecule has 0 fully saturated rings. The van der Waals surface area contributed by atoms with E-state index in [2.05, 4.69) is 15.5 Å². The summed E-state index contributed by atoms with van der Waals surface area (Å²) in [6.45, 7) is 0.354. The fourth-order valence-electron chi connectivity index (χ4n) is 3.50. The van der Waals surface area contributed by atoms with Gasteiger partial charge in [0, 0.05) is 25.6 Å². The quantitative estimate of drug-likeness (QED) is 0.606. The SMILES string of the molecule is CN(CC(=O)Nc1cc(-c2nnc3n2CCCCC3)ccc1F)S(=O)(=O)c1cccs1. The Morgan fingerprint density at radius 1 is 1.26 bits per heavy atom. The van der Waals surface area contributed by atoms with Crippen LogP contribution in [0.1, 0.15) is 25.1 Å². The number of nitrogens with one attached hydrogen (secondary N) is 1. The van der Waals surface area contributed by atoms with Gasteiger partial charge in [-0.05, 0) is 42.5 Å². The van der Waals surface area contributed by atoms with Gasteiger partial charge in [-0.25, -0.2) is 12.8 Å². The van der Waals surface area contributed by atoms with E-state index in [-0.39, 0.29) is 9.90 Å². The van der Waals surface area contributed by atoms with Crippen molar-refractivity contribution in [2.24, 2.45) is 0 Å². The lowest BCUT2D eigenvalue weighted by molar-refractivity contribution is -0.116. The van der Waals surface area contributed by atoms with E-state index in [1.54, 1.807) is 17.5 Å². The summed E-state index contributed by atoms with van der Waals surface area (Å²) >= 11 is 1.07. The smallest absolute Gasteiger partial charge is 0.252 e. The fraction of sp³-hybridized carbons (Fsp3) is 0.350. The number of halogens is 1. The summed E-state index contributed by atoms with van der Waals surface area (Å²) in [4.78, 5) is 12.5. The van der Waals surface area contributed by atoms with Gasteiger partial charge in [-0.2, -0.15) is 4.31 Å². The molecule has 0 saturated heterocycles. The standard InChI is InChI=1S/C20H22FN5O3S2/c1-25(31(28,29)19-7-5-11-30-19)13-18(27)22-16-12-14(8-9-15(16)21)20-24-23-17-6-3-2-4-10-26(17)20/h5,7-9,11-12H,2-4,6,10,13H2,1H3,(H,22,27). The number of hydrogen-bond donors (Lipinski definition) is 1. The zero-order valence-electron chi connectivity index (χ0n) is 16.9. The lowest BCUT2D eigenvalue weighted by Gasteiger charge is -2.16. The Morgan fingerprint density at radius 2 is 2.10 bits per heavy atom. The van der Waals surface area contributed by atoms with Crippen LogP contribution in [0.3, 0.4) is 0 Å². The summed E-state index contributed by atoms with van der Waals surface area (Å²) in [5.41, 5.74) is 0.604. The number of rotatable bonds is 6. The normalized spacial score (nSPS) is 14.3. The molecule has 0 unspecified atom stereocenters. The molecule has 3 aromatic rings. The minimum Gasteiger partial charge on any atom is -0.322 e. The fourth-order valence-corrected chi connectivity index (χ4v) is 5.83. The van der Waals surface area contributed by atoms with Gasteiger partial charge >= 0.3 is 0 Å². The van der Waals surface area contributed by atoms with Crippen LogP contribution in [-0.4, -0.2) is 47.0 Å². The first-order valence-electron chi connectivity index (χ1n) is 9.88. The van der Waals surface area contributed by atoms with Crippen molar-refractivity contribution in [2.75, 3.05) is 18.9 Å². The molecule has 31 heavy (non-hydrogen) atoms. The van der Waals surface area contributed by atoms with E-state index in [0.717, 1.165) is 53.7 Å². The van der Waals surface area contributed by atoms with E-state index in [1.165, 1.54) is 25.2 Å². The summed E-state index contributed by atoms with van der Waals surface area (Å²) in [7, 11) is -2.46. The number of aromatic nitrogens is 3. The maximum atomic E-state index is 14.4. The summed E-state index contributed by atoms with van der Waals surface area (Å²) in [6.07, 6.45) is 4.05. The van der Waals surface area contributed by atoms with E-state index in [0.29, 0.717) is 11.4 Å². The van der Waals surface area contributed by atoms with Crippen LogP contribution in [0, 0.1) is 5.82 Å². The Kier molecular flexibility index (Phi) is 6.17. The molecule has 0 saturated carbocycles. The first-order valence-corrected chi connectivity index (χ1v) is 12.2. The highest BCUT2D eigenvalue weighted by molar-refractivity contribution is 7.91. The van der Waals surface area contributed by atoms with Crippen LogP contribution in [0.2, 0.25) is 0 Å². The predicted octanol–water partition coefficient (Wildman–Crippen LogP) is 3.13. The van der Waals surface area contributed by atoms with Gasteiger partial charge in [-0.15, -0.1) is 21.5 Å². The first-order chi connectivity index (χ1) is 14.9. The van der Waals surface area contributed by atoms with Gasteiger partial charge in [-0.3, -0.25) is 4.79 Å². The Hall–Kier alpha value is -2.63. The van der Waals surface area contributed by atoms with Crippen molar-refractivity contribution < 1.29 is 17.6 Å². The highest BCUT2D eigenvalue weighted by atomic mass is 32.2. The third kappa shape index (κ3) is 4.53. The molecule has 0 bridgehead atoms. The molecule has 8 nitrogen and oxygen atoms in total. The van der Waals surface area contributed by atoms with Gasteiger partial charge in [0.1, 0.15) is 15.9 Å². The van der Waals surface area contributed by atoms with Gasteiger partial charge in [0.25, 0.3) is 10.0 Å². The second-order valence-electron chi connectivity index (χ2n) is 7.34.